The summed E-state index contributed by atoms with van der Waals surface area (Å²) >= 11 is 0. The van der Waals surface area contributed by atoms with Crippen molar-refractivity contribution in [2.24, 2.45) is 0 Å². The largest absolute Gasteiger partial charge is 0.340 e. The van der Waals surface area contributed by atoms with Crippen molar-refractivity contribution < 1.29 is 9.18 Å². The third kappa shape index (κ3) is 6.85. The van der Waals surface area contributed by atoms with Gasteiger partial charge >= 0.3 is 0 Å². The fourth-order valence-corrected chi connectivity index (χ4v) is 4.92. The molecule has 0 aliphatic carbocycles. The van der Waals surface area contributed by atoms with Crippen molar-refractivity contribution in [2.45, 2.75) is 25.3 Å². The van der Waals surface area contributed by atoms with Crippen LogP contribution in [0.2, 0.25) is 0 Å². The molecule has 2 aromatic carbocycles. The van der Waals surface area contributed by atoms with E-state index in [1.165, 1.54) is 11.1 Å². The van der Waals surface area contributed by atoms with Crippen molar-refractivity contribution >= 4 is 5.91 Å². The zero-order valence-electron chi connectivity index (χ0n) is 19.8. The number of aryl methyl sites for hydroxylation is 1. The second kappa shape index (κ2) is 11.7. The van der Waals surface area contributed by atoms with E-state index in [4.69, 9.17) is 0 Å². The van der Waals surface area contributed by atoms with Gasteiger partial charge < -0.3 is 9.80 Å². The number of halogens is 1. The molecule has 0 saturated carbocycles. The Balaban J connectivity index is 1.28. The number of rotatable bonds is 8. The fraction of sp³-hybridized carbons (Fsp3) is 0.519. The minimum atomic E-state index is -0.185. The first-order chi connectivity index (χ1) is 16.1. The average Bonchev–Trinajstić information content (AvgIpc) is 2.85. The maximum absolute atomic E-state index is 13.5. The quantitative estimate of drug-likeness (QED) is 0.615. The molecule has 2 heterocycles. The standard InChI is InChI=1S/C27H37FN4O/c1-29-14-18-31(19-15-29)26(24-10-12-25(28)13-11-24)22-30-16-20-32(21-17-30)27(33)9-5-8-23-6-3-2-4-7-23/h2-4,6-7,10-13,26H,5,8-9,14-22H2,1H3. The van der Waals surface area contributed by atoms with Crippen molar-refractivity contribution in [1.82, 2.24) is 19.6 Å². The molecule has 0 bridgehead atoms. The van der Waals surface area contributed by atoms with E-state index in [1.807, 2.05) is 23.1 Å². The fourth-order valence-electron chi connectivity index (χ4n) is 4.92. The zero-order valence-corrected chi connectivity index (χ0v) is 19.8. The molecule has 33 heavy (non-hydrogen) atoms. The highest BCUT2D eigenvalue weighted by Crippen LogP contribution is 2.24. The summed E-state index contributed by atoms with van der Waals surface area (Å²) in [4.78, 5) is 22.1. The van der Waals surface area contributed by atoms with Crippen LogP contribution >= 0.6 is 0 Å². The van der Waals surface area contributed by atoms with Crippen molar-refractivity contribution in [2.75, 3.05) is 66.0 Å². The molecule has 4 rings (SSSR count). The third-order valence-electron chi connectivity index (χ3n) is 7.09. The molecule has 0 aromatic heterocycles. The van der Waals surface area contributed by atoms with Gasteiger partial charge in [-0.15, -0.1) is 0 Å². The molecule has 178 valence electrons. The molecular weight excluding hydrogens is 415 g/mol. The van der Waals surface area contributed by atoms with Crippen LogP contribution in [0.15, 0.2) is 54.6 Å². The molecule has 1 atom stereocenters. The minimum absolute atomic E-state index is 0.185. The Morgan fingerprint density at radius 2 is 1.55 bits per heavy atom. The third-order valence-corrected chi connectivity index (χ3v) is 7.09. The van der Waals surface area contributed by atoms with E-state index >= 15 is 0 Å². The lowest BCUT2D eigenvalue weighted by Crippen LogP contribution is -2.52. The minimum Gasteiger partial charge on any atom is -0.340 e. The van der Waals surface area contributed by atoms with Crippen molar-refractivity contribution in [3.8, 4) is 0 Å². The van der Waals surface area contributed by atoms with Gasteiger partial charge in [0.1, 0.15) is 5.82 Å². The summed E-state index contributed by atoms with van der Waals surface area (Å²) in [6.07, 6.45) is 2.48. The molecule has 0 spiro atoms. The molecule has 2 aliphatic rings. The molecule has 0 radical (unpaired) electrons. The van der Waals surface area contributed by atoms with Crippen LogP contribution in [0.1, 0.15) is 30.0 Å². The Kier molecular flexibility index (Phi) is 8.48. The number of carbonyl (C=O) groups excluding carboxylic acids is 1. The lowest BCUT2D eigenvalue weighted by molar-refractivity contribution is -0.133. The van der Waals surface area contributed by atoms with Gasteiger partial charge in [-0.1, -0.05) is 42.5 Å². The molecular formula is C27H37FN4O. The molecule has 1 amide bonds. The Morgan fingerprint density at radius 1 is 0.879 bits per heavy atom. The van der Waals surface area contributed by atoms with Crippen LogP contribution in [-0.4, -0.2) is 91.5 Å². The van der Waals surface area contributed by atoms with Gasteiger partial charge in [-0.3, -0.25) is 14.6 Å². The topological polar surface area (TPSA) is 30.0 Å². The van der Waals surface area contributed by atoms with Crippen molar-refractivity contribution in [1.29, 1.82) is 0 Å². The predicted octanol–water partition coefficient (Wildman–Crippen LogP) is 3.28. The number of likely N-dealkylation sites (N-methyl/N-ethyl adjacent to an activating group) is 1. The predicted molar refractivity (Wildman–Crippen MR) is 131 cm³/mol. The first-order valence-corrected chi connectivity index (χ1v) is 12.3. The lowest BCUT2D eigenvalue weighted by Gasteiger charge is -2.42. The summed E-state index contributed by atoms with van der Waals surface area (Å²) in [5, 5.41) is 0. The summed E-state index contributed by atoms with van der Waals surface area (Å²) in [5.74, 6) is 0.0926. The normalized spacial score (nSPS) is 19.5. The summed E-state index contributed by atoms with van der Waals surface area (Å²) in [5.41, 5.74) is 2.48. The van der Waals surface area contributed by atoms with E-state index in [0.717, 1.165) is 71.7 Å². The molecule has 2 saturated heterocycles. The second-order valence-electron chi connectivity index (χ2n) is 9.43. The van der Waals surface area contributed by atoms with E-state index in [-0.39, 0.29) is 17.8 Å². The Morgan fingerprint density at radius 3 is 2.21 bits per heavy atom. The van der Waals surface area contributed by atoms with Crippen molar-refractivity contribution in [3.63, 3.8) is 0 Å². The molecule has 2 aromatic rings. The second-order valence-corrected chi connectivity index (χ2v) is 9.43. The van der Waals surface area contributed by atoms with Gasteiger partial charge in [0, 0.05) is 71.4 Å². The number of nitrogens with zero attached hydrogens (tertiary/aromatic N) is 4. The Hall–Kier alpha value is -2.28. The summed E-state index contributed by atoms with van der Waals surface area (Å²) in [6.45, 7) is 8.48. The Bertz CT molecular complexity index is 859. The molecule has 2 fully saturated rings. The number of amides is 1. The van der Waals surface area contributed by atoms with Gasteiger partial charge in [-0.2, -0.15) is 0 Å². The van der Waals surface area contributed by atoms with Gasteiger partial charge in [0.2, 0.25) is 5.91 Å². The smallest absolute Gasteiger partial charge is 0.222 e. The molecule has 2 aliphatic heterocycles. The van der Waals surface area contributed by atoms with Crippen LogP contribution in [-0.2, 0) is 11.2 Å². The number of carbonyl (C=O) groups is 1. The number of benzene rings is 2. The Labute approximate surface area is 197 Å². The van der Waals surface area contributed by atoms with E-state index in [1.54, 1.807) is 12.1 Å². The molecule has 5 nitrogen and oxygen atoms in total. The zero-order chi connectivity index (χ0) is 23.0. The van der Waals surface area contributed by atoms with Gasteiger partial charge in [-0.05, 0) is 43.1 Å². The van der Waals surface area contributed by atoms with Crippen LogP contribution in [0.4, 0.5) is 4.39 Å². The van der Waals surface area contributed by atoms with Crippen LogP contribution in [0.3, 0.4) is 0 Å². The lowest BCUT2D eigenvalue weighted by atomic mass is 10.0. The molecule has 0 N–H and O–H groups in total. The monoisotopic (exact) mass is 452 g/mol. The van der Waals surface area contributed by atoms with E-state index in [0.29, 0.717) is 6.42 Å². The van der Waals surface area contributed by atoms with E-state index < -0.39 is 0 Å². The van der Waals surface area contributed by atoms with Crippen LogP contribution < -0.4 is 0 Å². The van der Waals surface area contributed by atoms with Crippen LogP contribution in [0.25, 0.3) is 0 Å². The maximum atomic E-state index is 13.5. The van der Waals surface area contributed by atoms with Crippen LogP contribution in [0.5, 0.6) is 0 Å². The number of piperazine rings is 2. The first kappa shape index (κ1) is 23.9. The summed E-state index contributed by atoms with van der Waals surface area (Å²) < 4.78 is 13.5. The molecule has 6 heteroatoms. The van der Waals surface area contributed by atoms with Crippen molar-refractivity contribution in [3.05, 3.63) is 71.5 Å². The molecule has 1 unspecified atom stereocenters. The van der Waals surface area contributed by atoms with E-state index in [2.05, 4.69) is 46.0 Å². The van der Waals surface area contributed by atoms with E-state index in [9.17, 15) is 9.18 Å². The summed E-state index contributed by atoms with van der Waals surface area (Å²) in [6, 6.07) is 17.7. The van der Waals surface area contributed by atoms with Gasteiger partial charge in [0.25, 0.3) is 0 Å². The van der Waals surface area contributed by atoms with Crippen LogP contribution in [0, 0.1) is 5.82 Å². The van der Waals surface area contributed by atoms with Gasteiger partial charge in [0.05, 0.1) is 0 Å². The summed E-state index contributed by atoms with van der Waals surface area (Å²) in [7, 11) is 2.17. The average molecular weight is 453 g/mol. The van der Waals surface area contributed by atoms with Gasteiger partial charge in [0.15, 0.2) is 0 Å². The highest BCUT2D eigenvalue weighted by atomic mass is 19.1. The highest BCUT2D eigenvalue weighted by Gasteiger charge is 2.28. The van der Waals surface area contributed by atoms with Gasteiger partial charge in [-0.25, -0.2) is 4.39 Å². The number of hydrogen-bond donors (Lipinski definition) is 0. The SMILES string of the molecule is CN1CCN(C(CN2CCN(C(=O)CCCc3ccccc3)CC2)c2ccc(F)cc2)CC1. The highest BCUT2D eigenvalue weighted by molar-refractivity contribution is 5.76. The first-order valence-electron chi connectivity index (χ1n) is 12.3. The number of hydrogen-bond acceptors (Lipinski definition) is 4. The maximum Gasteiger partial charge on any atom is 0.222 e.